The van der Waals surface area contributed by atoms with Gasteiger partial charge >= 0.3 is 0 Å². The molecule has 29 heavy (non-hydrogen) atoms. The first-order chi connectivity index (χ1) is 13.8. The lowest BCUT2D eigenvalue weighted by Crippen LogP contribution is -2.26. The summed E-state index contributed by atoms with van der Waals surface area (Å²) < 4.78 is 29.3. The van der Waals surface area contributed by atoms with Crippen LogP contribution in [0.1, 0.15) is 29.4 Å². The SMILES string of the molecule is CCn1c(-c2ccc(F)cc2F)nc(C)c1CC(=O)NCc1c(C)cccc1Cl. The molecule has 0 aliphatic rings. The number of aromatic nitrogens is 2. The van der Waals surface area contributed by atoms with Gasteiger partial charge in [-0.15, -0.1) is 0 Å². The van der Waals surface area contributed by atoms with E-state index in [4.69, 9.17) is 11.6 Å². The second-order valence-corrected chi connectivity index (χ2v) is 7.23. The Hall–Kier alpha value is -2.73. The van der Waals surface area contributed by atoms with Crippen LogP contribution in [0.2, 0.25) is 5.02 Å². The summed E-state index contributed by atoms with van der Waals surface area (Å²) in [5.41, 5.74) is 3.41. The molecular weight excluding hydrogens is 396 g/mol. The van der Waals surface area contributed by atoms with Crippen molar-refractivity contribution >= 4 is 17.5 Å². The molecule has 1 N–H and O–H groups in total. The molecule has 0 fully saturated rings. The van der Waals surface area contributed by atoms with Gasteiger partial charge in [0, 0.05) is 24.2 Å². The van der Waals surface area contributed by atoms with Gasteiger partial charge in [-0.3, -0.25) is 4.79 Å². The van der Waals surface area contributed by atoms with E-state index in [0.717, 1.165) is 17.2 Å². The van der Waals surface area contributed by atoms with Crippen LogP contribution in [0.5, 0.6) is 0 Å². The van der Waals surface area contributed by atoms with Gasteiger partial charge in [-0.05, 0) is 50.1 Å². The fraction of sp³-hybridized carbons (Fsp3) is 0.273. The molecule has 0 unspecified atom stereocenters. The highest BCUT2D eigenvalue weighted by molar-refractivity contribution is 6.31. The number of amides is 1. The molecule has 3 aromatic rings. The Balaban J connectivity index is 1.82. The van der Waals surface area contributed by atoms with Crippen LogP contribution in [0.15, 0.2) is 36.4 Å². The number of halogens is 3. The summed E-state index contributed by atoms with van der Waals surface area (Å²) in [7, 11) is 0. The molecule has 1 aromatic heterocycles. The average molecular weight is 418 g/mol. The van der Waals surface area contributed by atoms with Crippen molar-refractivity contribution in [2.24, 2.45) is 0 Å². The number of aryl methyl sites for hydroxylation is 2. The number of carbonyl (C=O) groups is 1. The lowest BCUT2D eigenvalue weighted by atomic mass is 10.1. The molecule has 3 rings (SSSR count). The van der Waals surface area contributed by atoms with E-state index in [1.165, 1.54) is 12.1 Å². The molecule has 4 nitrogen and oxygen atoms in total. The van der Waals surface area contributed by atoms with Gasteiger partial charge in [0.25, 0.3) is 0 Å². The normalized spacial score (nSPS) is 11.0. The molecule has 0 saturated heterocycles. The largest absolute Gasteiger partial charge is 0.352 e. The summed E-state index contributed by atoms with van der Waals surface area (Å²) in [5, 5.41) is 3.49. The fourth-order valence-corrected chi connectivity index (χ4v) is 3.63. The Labute approximate surface area is 173 Å². The monoisotopic (exact) mass is 417 g/mol. The third-order valence-corrected chi connectivity index (χ3v) is 5.26. The minimum atomic E-state index is -0.685. The van der Waals surface area contributed by atoms with Crippen LogP contribution < -0.4 is 5.32 Å². The predicted molar refractivity (Wildman–Crippen MR) is 110 cm³/mol. The first kappa shape index (κ1) is 21.0. The van der Waals surface area contributed by atoms with E-state index in [9.17, 15) is 13.6 Å². The van der Waals surface area contributed by atoms with Crippen LogP contribution in [0.25, 0.3) is 11.4 Å². The Morgan fingerprint density at radius 3 is 2.62 bits per heavy atom. The van der Waals surface area contributed by atoms with Gasteiger partial charge in [0.2, 0.25) is 5.91 Å². The van der Waals surface area contributed by atoms with Crippen molar-refractivity contribution in [2.45, 2.75) is 40.3 Å². The van der Waals surface area contributed by atoms with E-state index in [2.05, 4.69) is 10.3 Å². The zero-order valence-electron chi connectivity index (χ0n) is 16.5. The standard InChI is InChI=1S/C22H22ClF2N3O/c1-4-28-20(11-21(29)26-12-17-13(2)6-5-7-18(17)23)14(3)27-22(28)16-9-8-15(24)10-19(16)25/h5-10H,4,11-12H2,1-3H3,(H,26,29). The van der Waals surface area contributed by atoms with Crippen LogP contribution in [0.4, 0.5) is 8.78 Å². The number of imidazole rings is 1. The van der Waals surface area contributed by atoms with E-state index in [-0.39, 0.29) is 17.9 Å². The highest BCUT2D eigenvalue weighted by Crippen LogP contribution is 2.26. The van der Waals surface area contributed by atoms with Crippen molar-refractivity contribution < 1.29 is 13.6 Å². The highest BCUT2D eigenvalue weighted by atomic mass is 35.5. The van der Waals surface area contributed by atoms with Crippen molar-refractivity contribution in [2.75, 3.05) is 0 Å². The van der Waals surface area contributed by atoms with Crippen molar-refractivity contribution in [1.82, 2.24) is 14.9 Å². The minimum absolute atomic E-state index is 0.0962. The molecule has 0 spiro atoms. The molecule has 1 heterocycles. The molecule has 7 heteroatoms. The van der Waals surface area contributed by atoms with Gasteiger partial charge in [0.15, 0.2) is 0 Å². The molecular formula is C22H22ClF2N3O. The highest BCUT2D eigenvalue weighted by Gasteiger charge is 2.20. The molecule has 0 saturated carbocycles. The fourth-order valence-electron chi connectivity index (χ4n) is 3.34. The summed E-state index contributed by atoms with van der Waals surface area (Å²) in [6, 6.07) is 8.98. The number of benzene rings is 2. The topological polar surface area (TPSA) is 46.9 Å². The molecule has 1 amide bonds. The molecule has 152 valence electrons. The lowest BCUT2D eigenvalue weighted by molar-refractivity contribution is -0.120. The number of carbonyl (C=O) groups excluding carboxylic acids is 1. The number of hydrogen-bond donors (Lipinski definition) is 1. The number of hydrogen-bond acceptors (Lipinski definition) is 2. The van der Waals surface area contributed by atoms with Crippen LogP contribution >= 0.6 is 11.6 Å². The van der Waals surface area contributed by atoms with Crippen LogP contribution in [-0.4, -0.2) is 15.5 Å². The third-order valence-electron chi connectivity index (χ3n) is 4.90. The Morgan fingerprint density at radius 1 is 1.21 bits per heavy atom. The molecule has 2 aromatic carbocycles. The number of nitrogens with zero attached hydrogens (tertiary/aromatic N) is 2. The van der Waals surface area contributed by atoms with Crippen LogP contribution in [0.3, 0.4) is 0 Å². The van der Waals surface area contributed by atoms with Crippen molar-refractivity contribution in [1.29, 1.82) is 0 Å². The number of nitrogens with one attached hydrogen (secondary N) is 1. The van der Waals surface area contributed by atoms with Gasteiger partial charge in [0.05, 0.1) is 23.4 Å². The van der Waals surface area contributed by atoms with Crippen molar-refractivity contribution in [3.05, 3.63) is 75.6 Å². The maximum atomic E-state index is 14.3. The first-order valence-electron chi connectivity index (χ1n) is 9.34. The molecule has 0 radical (unpaired) electrons. The zero-order valence-corrected chi connectivity index (χ0v) is 17.3. The number of rotatable bonds is 6. The van der Waals surface area contributed by atoms with Gasteiger partial charge < -0.3 is 9.88 Å². The second kappa shape index (κ2) is 8.74. The maximum absolute atomic E-state index is 14.3. The minimum Gasteiger partial charge on any atom is -0.352 e. The molecule has 0 aliphatic carbocycles. The zero-order chi connectivity index (χ0) is 21.1. The van der Waals surface area contributed by atoms with Gasteiger partial charge in [0.1, 0.15) is 17.5 Å². The van der Waals surface area contributed by atoms with Crippen LogP contribution in [0, 0.1) is 25.5 Å². The molecule has 0 atom stereocenters. The average Bonchev–Trinajstić information content (AvgIpc) is 2.96. The van der Waals surface area contributed by atoms with E-state index in [0.29, 0.717) is 35.3 Å². The van der Waals surface area contributed by atoms with E-state index in [1.807, 2.05) is 26.0 Å². The van der Waals surface area contributed by atoms with Gasteiger partial charge in [-0.25, -0.2) is 13.8 Å². The first-order valence-corrected chi connectivity index (χ1v) is 9.71. The third kappa shape index (κ3) is 4.48. The van der Waals surface area contributed by atoms with Gasteiger partial charge in [-0.1, -0.05) is 23.7 Å². The van der Waals surface area contributed by atoms with Crippen LogP contribution in [-0.2, 0) is 24.3 Å². The lowest BCUT2D eigenvalue weighted by Gasteiger charge is -2.12. The summed E-state index contributed by atoms with van der Waals surface area (Å²) >= 11 is 6.22. The summed E-state index contributed by atoms with van der Waals surface area (Å²) in [6.07, 6.45) is 0.0962. The van der Waals surface area contributed by atoms with Gasteiger partial charge in [-0.2, -0.15) is 0 Å². The maximum Gasteiger partial charge on any atom is 0.226 e. The quantitative estimate of drug-likeness (QED) is 0.615. The Morgan fingerprint density at radius 2 is 1.97 bits per heavy atom. The molecule has 0 bridgehead atoms. The summed E-state index contributed by atoms with van der Waals surface area (Å²) in [5.74, 6) is -1.14. The predicted octanol–water partition coefficient (Wildman–Crippen LogP) is 4.98. The molecule has 0 aliphatic heterocycles. The van der Waals surface area contributed by atoms with Crippen molar-refractivity contribution in [3.63, 3.8) is 0 Å². The van der Waals surface area contributed by atoms with E-state index >= 15 is 0 Å². The van der Waals surface area contributed by atoms with Crippen molar-refractivity contribution in [3.8, 4) is 11.4 Å². The Bertz CT molecular complexity index is 1040. The Kier molecular flexibility index (Phi) is 6.33. The summed E-state index contributed by atoms with van der Waals surface area (Å²) in [4.78, 5) is 17.0. The second-order valence-electron chi connectivity index (χ2n) is 6.82. The van der Waals surface area contributed by atoms with E-state index in [1.54, 1.807) is 17.6 Å². The summed E-state index contributed by atoms with van der Waals surface area (Å²) in [6.45, 7) is 6.42. The smallest absolute Gasteiger partial charge is 0.226 e. The van der Waals surface area contributed by atoms with E-state index < -0.39 is 11.6 Å².